The van der Waals surface area contributed by atoms with E-state index < -0.39 is 0 Å². The number of aryl methyl sites for hydroxylation is 1. The predicted molar refractivity (Wildman–Crippen MR) is 121 cm³/mol. The van der Waals surface area contributed by atoms with Crippen LogP contribution in [0.4, 0.5) is 5.13 Å². The molecule has 1 aromatic heterocycles. The molecule has 0 atom stereocenters. The normalized spacial score (nSPS) is 14.6. The number of hydrogen-bond acceptors (Lipinski definition) is 5. The van der Waals surface area contributed by atoms with Crippen molar-refractivity contribution in [3.05, 3.63) is 30.0 Å². The van der Waals surface area contributed by atoms with E-state index in [4.69, 9.17) is 4.74 Å². The van der Waals surface area contributed by atoms with Crippen molar-refractivity contribution in [1.29, 1.82) is 0 Å². The zero-order valence-electron chi connectivity index (χ0n) is 18.1. The molecule has 3 rings (SSSR count). The number of thiazole rings is 1. The molecule has 1 aliphatic rings. The van der Waals surface area contributed by atoms with E-state index in [2.05, 4.69) is 30.2 Å². The van der Waals surface area contributed by atoms with Gasteiger partial charge in [-0.1, -0.05) is 25.2 Å². The summed E-state index contributed by atoms with van der Waals surface area (Å²) in [7, 11) is 0. The van der Waals surface area contributed by atoms with Crippen LogP contribution in [0.3, 0.4) is 0 Å². The van der Waals surface area contributed by atoms with Gasteiger partial charge in [-0.3, -0.25) is 9.59 Å². The molecule has 2 aromatic rings. The van der Waals surface area contributed by atoms with E-state index in [1.807, 2.05) is 17.0 Å². The molecule has 1 aromatic carbocycles. The number of amides is 2. The number of ether oxygens (including phenoxy) is 1. The number of hydrogen-bond donors (Lipinski definition) is 1. The Morgan fingerprint density at radius 2 is 2.07 bits per heavy atom. The fourth-order valence-electron chi connectivity index (χ4n) is 3.59. The van der Waals surface area contributed by atoms with Gasteiger partial charge in [0.25, 0.3) is 0 Å². The monoisotopic (exact) mass is 429 g/mol. The highest BCUT2D eigenvalue weighted by Crippen LogP contribution is 2.32. The number of carbonyl (C=O) groups excluding carboxylic acids is 2. The maximum absolute atomic E-state index is 12.3. The Hall–Kier alpha value is -2.41. The third-order valence-electron chi connectivity index (χ3n) is 5.44. The second-order valence-corrected chi connectivity index (χ2v) is 8.93. The van der Waals surface area contributed by atoms with E-state index in [0.29, 0.717) is 18.2 Å². The Balaban J connectivity index is 1.52. The van der Waals surface area contributed by atoms with Crippen molar-refractivity contribution in [3.8, 4) is 16.2 Å². The van der Waals surface area contributed by atoms with Crippen LogP contribution in [-0.4, -0.2) is 41.4 Å². The number of nitrogens with one attached hydrogen (secondary N) is 1. The van der Waals surface area contributed by atoms with Crippen molar-refractivity contribution in [3.63, 3.8) is 0 Å². The molecule has 6 nitrogen and oxygen atoms in total. The number of piperidine rings is 1. The Bertz CT molecular complexity index is 872. The van der Waals surface area contributed by atoms with Gasteiger partial charge in [0.1, 0.15) is 5.75 Å². The molecule has 0 unspecified atom stereocenters. The first-order valence-electron chi connectivity index (χ1n) is 10.7. The molecule has 2 amide bonds. The number of rotatable bonds is 8. The summed E-state index contributed by atoms with van der Waals surface area (Å²) in [5.41, 5.74) is 2.18. The van der Waals surface area contributed by atoms with Crippen molar-refractivity contribution in [2.45, 2.75) is 52.9 Å². The van der Waals surface area contributed by atoms with E-state index in [1.165, 1.54) is 18.3 Å². The average molecular weight is 430 g/mol. The maximum Gasteiger partial charge on any atom is 0.223 e. The van der Waals surface area contributed by atoms with Gasteiger partial charge in [-0.2, -0.15) is 0 Å². The van der Waals surface area contributed by atoms with Crippen LogP contribution < -0.4 is 10.1 Å². The summed E-state index contributed by atoms with van der Waals surface area (Å²) in [4.78, 5) is 30.8. The predicted octanol–water partition coefficient (Wildman–Crippen LogP) is 4.75. The minimum atomic E-state index is -0.123. The summed E-state index contributed by atoms with van der Waals surface area (Å²) in [6, 6.07) is 6.11. The van der Waals surface area contributed by atoms with Crippen LogP contribution in [0.2, 0.25) is 0 Å². The smallest absolute Gasteiger partial charge is 0.223 e. The van der Waals surface area contributed by atoms with Gasteiger partial charge in [0.05, 0.1) is 11.5 Å². The first-order valence-corrected chi connectivity index (χ1v) is 11.5. The van der Waals surface area contributed by atoms with Gasteiger partial charge < -0.3 is 15.0 Å². The maximum atomic E-state index is 12.3. The zero-order chi connectivity index (χ0) is 21.5. The molecule has 0 spiro atoms. The quantitative estimate of drug-likeness (QED) is 0.615. The Kier molecular flexibility index (Phi) is 7.85. The summed E-state index contributed by atoms with van der Waals surface area (Å²) in [6.45, 7) is 8.15. The molecule has 1 aliphatic heterocycles. The lowest BCUT2D eigenvalue weighted by Crippen LogP contribution is -2.37. The van der Waals surface area contributed by atoms with Crippen molar-refractivity contribution in [2.24, 2.45) is 5.92 Å². The Morgan fingerprint density at radius 1 is 1.30 bits per heavy atom. The molecule has 2 heterocycles. The number of aromatic nitrogens is 1. The van der Waals surface area contributed by atoms with Gasteiger partial charge in [-0.25, -0.2) is 4.98 Å². The topological polar surface area (TPSA) is 71.5 Å². The van der Waals surface area contributed by atoms with Crippen LogP contribution >= 0.6 is 11.3 Å². The minimum Gasteiger partial charge on any atom is -0.493 e. The van der Waals surface area contributed by atoms with Crippen LogP contribution in [0.25, 0.3) is 10.4 Å². The van der Waals surface area contributed by atoms with Crippen molar-refractivity contribution in [2.75, 3.05) is 25.0 Å². The molecule has 30 heavy (non-hydrogen) atoms. The standard InChI is InChI=1S/C23H31N3O3S/c1-4-18-14-19(21-15-24-23(30-21)25-17(3)27)7-8-20(18)29-13-5-6-22(28)26-11-9-16(2)10-12-26/h7-8,14-16H,4-6,9-13H2,1-3H3,(H,24,25,27). The lowest BCUT2D eigenvalue weighted by atomic mass is 9.99. The number of likely N-dealkylation sites (tertiary alicyclic amines) is 1. The lowest BCUT2D eigenvalue weighted by Gasteiger charge is -2.30. The molecule has 0 saturated carbocycles. The highest BCUT2D eigenvalue weighted by molar-refractivity contribution is 7.19. The van der Waals surface area contributed by atoms with Gasteiger partial charge in [-0.15, -0.1) is 0 Å². The van der Waals surface area contributed by atoms with Crippen molar-refractivity contribution in [1.82, 2.24) is 9.88 Å². The summed E-state index contributed by atoms with van der Waals surface area (Å²) in [6.07, 6.45) is 6.12. The largest absolute Gasteiger partial charge is 0.493 e. The van der Waals surface area contributed by atoms with Crippen LogP contribution in [0, 0.1) is 5.92 Å². The molecule has 7 heteroatoms. The number of benzene rings is 1. The SMILES string of the molecule is CCc1cc(-c2cnc(NC(C)=O)s2)ccc1OCCCC(=O)N1CCC(C)CC1. The lowest BCUT2D eigenvalue weighted by molar-refractivity contribution is -0.132. The second kappa shape index (κ2) is 10.6. The van der Waals surface area contributed by atoms with Gasteiger partial charge in [0, 0.05) is 32.6 Å². The van der Waals surface area contributed by atoms with Gasteiger partial charge >= 0.3 is 0 Å². The fourth-order valence-corrected chi connectivity index (χ4v) is 4.45. The Labute approximate surface area is 182 Å². The number of nitrogens with zero attached hydrogens (tertiary/aromatic N) is 2. The summed E-state index contributed by atoms with van der Waals surface area (Å²) in [5, 5.41) is 3.32. The van der Waals surface area contributed by atoms with Crippen LogP contribution in [-0.2, 0) is 16.0 Å². The fraction of sp³-hybridized carbons (Fsp3) is 0.522. The van der Waals surface area contributed by atoms with E-state index >= 15 is 0 Å². The van der Waals surface area contributed by atoms with Crippen molar-refractivity contribution >= 4 is 28.3 Å². The number of carbonyl (C=O) groups is 2. The van der Waals surface area contributed by atoms with E-state index in [0.717, 1.165) is 66.4 Å². The average Bonchev–Trinajstić information content (AvgIpc) is 3.19. The molecular weight excluding hydrogens is 398 g/mol. The minimum absolute atomic E-state index is 0.123. The molecule has 1 N–H and O–H groups in total. The molecule has 1 fully saturated rings. The van der Waals surface area contributed by atoms with E-state index in [9.17, 15) is 9.59 Å². The highest BCUT2D eigenvalue weighted by Gasteiger charge is 2.19. The first-order chi connectivity index (χ1) is 14.5. The molecule has 0 radical (unpaired) electrons. The number of anilines is 1. The van der Waals surface area contributed by atoms with E-state index in [-0.39, 0.29) is 11.8 Å². The first kappa shape index (κ1) is 22.3. The van der Waals surface area contributed by atoms with Gasteiger partial charge in [-0.05, 0) is 60.9 Å². The molecule has 162 valence electrons. The van der Waals surface area contributed by atoms with Crippen LogP contribution in [0.1, 0.15) is 52.0 Å². The molecule has 0 bridgehead atoms. The summed E-state index contributed by atoms with van der Waals surface area (Å²) < 4.78 is 5.99. The van der Waals surface area contributed by atoms with Crippen LogP contribution in [0.15, 0.2) is 24.4 Å². The molecule has 0 aliphatic carbocycles. The van der Waals surface area contributed by atoms with Gasteiger partial charge in [0.15, 0.2) is 5.13 Å². The summed E-state index contributed by atoms with van der Waals surface area (Å²) in [5.74, 6) is 1.72. The van der Waals surface area contributed by atoms with Gasteiger partial charge in [0.2, 0.25) is 11.8 Å². The third kappa shape index (κ3) is 6.05. The molecule has 1 saturated heterocycles. The second-order valence-electron chi connectivity index (χ2n) is 7.90. The highest BCUT2D eigenvalue weighted by atomic mass is 32.1. The van der Waals surface area contributed by atoms with Crippen molar-refractivity contribution < 1.29 is 14.3 Å². The zero-order valence-corrected chi connectivity index (χ0v) is 18.9. The third-order valence-corrected chi connectivity index (χ3v) is 6.41. The Morgan fingerprint density at radius 3 is 2.77 bits per heavy atom. The van der Waals surface area contributed by atoms with Crippen LogP contribution in [0.5, 0.6) is 5.75 Å². The molecular formula is C23H31N3O3S. The van der Waals surface area contributed by atoms with E-state index in [1.54, 1.807) is 6.20 Å². The summed E-state index contributed by atoms with van der Waals surface area (Å²) >= 11 is 1.45.